The molecule has 3 rings (SSSR count). The van der Waals surface area contributed by atoms with Gasteiger partial charge in [0.25, 0.3) is 11.5 Å². The fraction of sp³-hybridized carbons (Fsp3) is 0.421. The Labute approximate surface area is 146 Å². The van der Waals surface area contributed by atoms with Crippen molar-refractivity contribution < 1.29 is 9.53 Å². The molecule has 6 nitrogen and oxygen atoms in total. The van der Waals surface area contributed by atoms with Gasteiger partial charge in [-0.2, -0.15) is 0 Å². The largest absolute Gasteiger partial charge is 0.491 e. The molecule has 0 aliphatic carbocycles. The molecule has 1 aliphatic rings. The zero-order chi connectivity index (χ0) is 18.2. The number of ether oxygens (including phenoxy) is 1. The predicted molar refractivity (Wildman–Crippen MR) is 95.0 cm³/mol. The van der Waals surface area contributed by atoms with Crippen LogP contribution >= 0.6 is 0 Å². The molecule has 1 aromatic heterocycles. The number of rotatable bonds is 1. The molecule has 0 saturated heterocycles. The van der Waals surface area contributed by atoms with E-state index in [0.717, 1.165) is 11.3 Å². The lowest BCUT2D eigenvalue weighted by Gasteiger charge is -2.22. The predicted octanol–water partition coefficient (Wildman–Crippen LogP) is 2.41. The van der Waals surface area contributed by atoms with Gasteiger partial charge in [-0.1, -0.05) is 39.0 Å². The Morgan fingerprint density at radius 2 is 2.00 bits per heavy atom. The summed E-state index contributed by atoms with van der Waals surface area (Å²) in [5.41, 5.74) is 0.813. The molecule has 1 aliphatic heterocycles. The number of nitrogens with zero attached hydrogens (tertiary/aromatic N) is 2. The summed E-state index contributed by atoms with van der Waals surface area (Å²) >= 11 is 0. The summed E-state index contributed by atoms with van der Waals surface area (Å²) in [5, 5.41) is 0. The fourth-order valence-corrected chi connectivity index (χ4v) is 2.85. The van der Waals surface area contributed by atoms with Gasteiger partial charge < -0.3 is 14.6 Å². The Morgan fingerprint density at radius 1 is 1.28 bits per heavy atom. The van der Waals surface area contributed by atoms with Crippen LogP contribution in [0.2, 0.25) is 0 Å². The standard InChI is InChI=1S/C19H23N3O3/c1-12-15(16(23)21-18(20-12)19(2,3)4)17(24)22-9-10-25-14-8-6-5-7-13(14)11-22/h5-8H,9-11H2,1-4H3,(H,20,21,23). The van der Waals surface area contributed by atoms with E-state index in [0.29, 0.717) is 31.2 Å². The van der Waals surface area contributed by atoms with Gasteiger partial charge in [0.1, 0.15) is 23.7 Å². The first-order valence-electron chi connectivity index (χ1n) is 8.39. The second-order valence-corrected chi connectivity index (χ2v) is 7.31. The van der Waals surface area contributed by atoms with Crippen molar-refractivity contribution in [1.82, 2.24) is 14.9 Å². The minimum atomic E-state index is -0.388. The summed E-state index contributed by atoms with van der Waals surface area (Å²) in [4.78, 5) is 34.4. The molecular weight excluding hydrogens is 318 g/mol. The molecule has 0 spiro atoms. The molecule has 1 aromatic carbocycles. The van der Waals surface area contributed by atoms with E-state index >= 15 is 0 Å². The van der Waals surface area contributed by atoms with E-state index in [-0.39, 0.29) is 22.4 Å². The first-order chi connectivity index (χ1) is 11.8. The highest BCUT2D eigenvalue weighted by molar-refractivity contribution is 5.94. The molecule has 132 valence electrons. The summed E-state index contributed by atoms with van der Waals surface area (Å²) in [6.45, 7) is 8.84. The van der Waals surface area contributed by atoms with Crippen molar-refractivity contribution in [2.24, 2.45) is 0 Å². The lowest BCUT2D eigenvalue weighted by molar-refractivity contribution is 0.0730. The van der Waals surface area contributed by atoms with Crippen molar-refractivity contribution in [3.8, 4) is 5.75 Å². The average Bonchev–Trinajstić information content (AvgIpc) is 2.75. The van der Waals surface area contributed by atoms with Crippen molar-refractivity contribution in [1.29, 1.82) is 0 Å². The van der Waals surface area contributed by atoms with Gasteiger partial charge in [0, 0.05) is 17.5 Å². The zero-order valence-corrected chi connectivity index (χ0v) is 15.0. The van der Waals surface area contributed by atoms with Crippen LogP contribution in [-0.2, 0) is 12.0 Å². The molecule has 0 saturated carbocycles. The minimum absolute atomic E-state index is 0.104. The molecule has 1 amide bonds. The second-order valence-electron chi connectivity index (χ2n) is 7.31. The molecule has 25 heavy (non-hydrogen) atoms. The van der Waals surface area contributed by atoms with Crippen LogP contribution < -0.4 is 10.3 Å². The SMILES string of the molecule is Cc1nc(C(C)(C)C)[nH]c(=O)c1C(=O)N1CCOc2ccccc2C1. The lowest BCUT2D eigenvalue weighted by Crippen LogP contribution is -2.38. The van der Waals surface area contributed by atoms with Gasteiger partial charge in [0.15, 0.2) is 0 Å². The van der Waals surface area contributed by atoms with Gasteiger partial charge in [-0.3, -0.25) is 9.59 Å². The van der Waals surface area contributed by atoms with Crippen molar-refractivity contribution in [3.63, 3.8) is 0 Å². The highest BCUT2D eigenvalue weighted by atomic mass is 16.5. The van der Waals surface area contributed by atoms with Crippen LogP contribution in [-0.4, -0.2) is 33.9 Å². The molecule has 0 unspecified atom stereocenters. The van der Waals surface area contributed by atoms with Gasteiger partial charge in [-0.05, 0) is 13.0 Å². The maximum Gasteiger partial charge on any atom is 0.264 e. The Bertz CT molecular complexity index is 865. The van der Waals surface area contributed by atoms with Gasteiger partial charge in [-0.15, -0.1) is 0 Å². The van der Waals surface area contributed by atoms with E-state index in [1.165, 1.54) is 0 Å². The number of H-pyrrole nitrogens is 1. The maximum absolute atomic E-state index is 13.0. The Hall–Kier alpha value is -2.63. The van der Waals surface area contributed by atoms with Crippen molar-refractivity contribution in [2.45, 2.75) is 39.7 Å². The number of para-hydroxylation sites is 1. The molecule has 0 bridgehead atoms. The average molecular weight is 341 g/mol. The Balaban J connectivity index is 1.95. The number of hydrogen-bond acceptors (Lipinski definition) is 4. The van der Waals surface area contributed by atoms with Crippen LogP contribution in [0.5, 0.6) is 5.75 Å². The Morgan fingerprint density at radius 3 is 2.68 bits per heavy atom. The molecule has 0 atom stereocenters. The highest BCUT2D eigenvalue weighted by Crippen LogP contribution is 2.23. The van der Waals surface area contributed by atoms with Gasteiger partial charge in [0.2, 0.25) is 0 Å². The quantitative estimate of drug-likeness (QED) is 0.864. The van der Waals surface area contributed by atoms with Crippen LogP contribution in [0.25, 0.3) is 0 Å². The summed E-state index contributed by atoms with van der Waals surface area (Å²) in [7, 11) is 0. The normalized spacial score (nSPS) is 14.5. The summed E-state index contributed by atoms with van der Waals surface area (Å²) in [6, 6.07) is 7.63. The zero-order valence-electron chi connectivity index (χ0n) is 15.0. The van der Waals surface area contributed by atoms with E-state index in [1.807, 2.05) is 45.0 Å². The van der Waals surface area contributed by atoms with Crippen LogP contribution in [0.1, 0.15) is 48.2 Å². The summed E-state index contributed by atoms with van der Waals surface area (Å²) < 4.78 is 5.69. The van der Waals surface area contributed by atoms with E-state index in [4.69, 9.17) is 4.74 Å². The smallest absolute Gasteiger partial charge is 0.264 e. The number of nitrogens with one attached hydrogen (secondary N) is 1. The van der Waals surface area contributed by atoms with Crippen LogP contribution in [0.3, 0.4) is 0 Å². The second kappa shape index (κ2) is 6.35. The summed E-state index contributed by atoms with van der Waals surface area (Å²) in [6.07, 6.45) is 0. The van der Waals surface area contributed by atoms with Crippen molar-refractivity contribution in [3.05, 3.63) is 57.3 Å². The molecule has 1 N–H and O–H groups in total. The number of aryl methyl sites for hydroxylation is 1. The molecule has 0 fully saturated rings. The first kappa shape index (κ1) is 17.2. The van der Waals surface area contributed by atoms with Gasteiger partial charge in [-0.25, -0.2) is 4.98 Å². The fourth-order valence-electron chi connectivity index (χ4n) is 2.85. The molecule has 0 radical (unpaired) electrons. The van der Waals surface area contributed by atoms with E-state index < -0.39 is 0 Å². The molecule has 2 heterocycles. The first-order valence-corrected chi connectivity index (χ1v) is 8.39. The van der Waals surface area contributed by atoms with Crippen molar-refractivity contribution in [2.75, 3.05) is 13.2 Å². The topological polar surface area (TPSA) is 75.3 Å². The minimum Gasteiger partial charge on any atom is -0.491 e. The van der Waals surface area contributed by atoms with Crippen LogP contribution in [0, 0.1) is 6.92 Å². The number of aromatic nitrogens is 2. The maximum atomic E-state index is 13.0. The number of aromatic amines is 1. The molecule has 2 aromatic rings. The highest BCUT2D eigenvalue weighted by Gasteiger charge is 2.27. The number of amides is 1. The van der Waals surface area contributed by atoms with Crippen LogP contribution in [0.4, 0.5) is 0 Å². The third kappa shape index (κ3) is 3.43. The number of carbonyl (C=O) groups is 1. The molecule has 6 heteroatoms. The number of benzene rings is 1. The van der Waals surface area contributed by atoms with E-state index in [9.17, 15) is 9.59 Å². The number of fused-ring (bicyclic) bond motifs is 1. The van der Waals surface area contributed by atoms with E-state index in [1.54, 1.807) is 11.8 Å². The number of hydrogen-bond donors (Lipinski definition) is 1. The van der Waals surface area contributed by atoms with Crippen LogP contribution in [0.15, 0.2) is 29.1 Å². The summed E-state index contributed by atoms with van der Waals surface area (Å²) in [5.74, 6) is 1.05. The van der Waals surface area contributed by atoms with Gasteiger partial charge in [0.05, 0.1) is 12.2 Å². The van der Waals surface area contributed by atoms with Crippen molar-refractivity contribution >= 4 is 5.91 Å². The lowest BCUT2D eigenvalue weighted by atomic mass is 9.95. The monoisotopic (exact) mass is 341 g/mol. The number of carbonyl (C=O) groups excluding carboxylic acids is 1. The van der Waals surface area contributed by atoms with E-state index in [2.05, 4.69) is 9.97 Å². The third-order valence-electron chi connectivity index (χ3n) is 4.26. The third-order valence-corrected chi connectivity index (χ3v) is 4.26. The Kier molecular flexibility index (Phi) is 4.37. The molecular formula is C19H23N3O3. The van der Waals surface area contributed by atoms with Gasteiger partial charge >= 0.3 is 0 Å².